The average molecular weight is 258 g/mol. The number of benzene rings is 1. The molecule has 0 unspecified atom stereocenters. The number of hydrogen-bond acceptors (Lipinski definition) is 1. The fourth-order valence-electron chi connectivity index (χ4n) is 0.687. The maximum Gasteiger partial charge on any atom is 1.00 e. The minimum atomic E-state index is -6.00. The van der Waals surface area contributed by atoms with Crippen LogP contribution in [0.15, 0.2) is 24.3 Å². The second-order valence-corrected chi connectivity index (χ2v) is 2.37. The molecule has 0 aliphatic heterocycles. The molecule has 0 atom stereocenters. The standard InChI is InChI=1S/C9H8O.BF4.K/c1-3-8-4-6-9(10-2)7-5-8;2-1(3,4)5;/h1,4-7H,2H3;;/q;-1;+1. The van der Waals surface area contributed by atoms with Crippen molar-refractivity contribution in [2.45, 2.75) is 0 Å². The zero-order valence-electron chi connectivity index (χ0n) is 8.88. The molecule has 0 aromatic heterocycles. The monoisotopic (exact) mass is 258 g/mol. The van der Waals surface area contributed by atoms with Crippen LogP contribution in [0.5, 0.6) is 5.75 Å². The number of rotatable bonds is 1. The topological polar surface area (TPSA) is 9.23 Å². The van der Waals surface area contributed by atoms with Crippen molar-refractivity contribution in [2.75, 3.05) is 7.11 Å². The third-order valence-electron chi connectivity index (χ3n) is 1.26. The molecule has 7 heteroatoms. The van der Waals surface area contributed by atoms with Gasteiger partial charge in [-0.25, -0.2) is 0 Å². The summed E-state index contributed by atoms with van der Waals surface area (Å²) in [6, 6.07) is 7.38. The summed E-state index contributed by atoms with van der Waals surface area (Å²) in [5.41, 5.74) is 0.876. The predicted molar refractivity (Wildman–Crippen MR) is 51.1 cm³/mol. The summed E-state index contributed by atoms with van der Waals surface area (Å²) in [6.45, 7) is 0. The van der Waals surface area contributed by atoms with Gasteiger partial charge in [0.2, 0.25) is 0 Å². The van der Waals surface area contributed by atoms with Gasteiger partial charge in [-0.1, -0.05) is 5.92 Å². The number of terminal acetylenes is 1. The quantitative estimate of drug-likeness (QED) is 0.391. The van der Waals surface area contributed by atoms with E-state index >= 15 is 0 Å². The summed E-state index contributed by atoms with van der Waals surface area (Å²) in [7, 11) is -4.37. The number of methoxy groups -OCH3 is 1. The summed E-state index contributed by atoms with van der Waals surface area (Å²) in [5, 5.41) is 0. The predicted octanol–water partition coefficient (Wildman–Crippen LogP) is -0.0195. The molecule has 82 valence electrons. The zero-order chi connectivity index (χ0) is 11.9. The second kappa shape index (κ2) is 9.08. The number of hydrogen-bond donors (Lipinski definition) is 0. The number of halogens is 4. The van der Waals surface area contributed by atoms with Crippen LogP contribution >= 0.6 is 0 Å². The molecule has 0 bridgehead atoms. The molecule has 0 saturated heterocycles. The van der Waals surface area contributed by atoms with E-state index in [1.54, 1.807) is 7.11 Å². The molecule has 1 aromatic carbocycles. The van der Waals surface area contributed by atoms with Crippen LogP contribution in [0.1, 0.15) is 5.56 Å². The Labute approximate surface area is 134 Å². The van der Waals surface area contributed by atoms with E-state index in [9.17, 15) is 17.3 Å². The normalized spacial score (nSPS) is 9.00. The van der Waals surface area contributed by atoms with Crippen LogP contribution in [0.25, 0.3) is 0 Å². The molecule has 0 fully saturated rings. The van der Waals surface area contributed by atoms with Gasteiger partial charge in [-0.2, -0.15) is 0 Å². The summed E-state index contributed by atoms with van der Waals surface area (Å²) in [4.78, 5) is 0. The van der Waals surface area contributed by atoms with Crippen LogP contribution in [0, 0.1) is 12.3 Å². The molecule has 0 amide bonds. The molecule has 0 spiro atoms. The van der Waals surface area contributed by atoms with Gasteiger partial charge in [-0.05, 0) is 24.3 Å². The summed E-state index contributed by atoms with van der Waals surface area (Å²) < 4.78 is 43.9. The molecule has 1 rings (SSSR count). The molecule has 0 radical (unpaired) electrons. The minimum Gasteiger partial charge on any atom is -0.497 e. The Morgan fingerprint density at radius 3 is 1.75 bits per heavy atom. The maximum absolute atomic E-state index is 9.75. The average Bonchev–Trinajstić information content (AvgIpc) is 2.15. The smallest absolute Gasteiger partial charge is 0.497 e. The Kier molecular flexibility index (Phi) is 10.4. The van der Waals surface area contributed by atoms with E-state index in [0.717, 1.165) is 11.3 Å². The first kappa shape index (κ1) is 18.4. The first-order chi connectivity index (χ1) is 6.86. The molecule has 0 aliphatic carbocycles. The SMILES string of the molecule is C#Cc1ccc(OC)cc1.F[B-](F)(F)F.[K+]. The van der Waals surface area contributed by atoms with E-state index in [2.05, 4.69) is 5.92 Å². The zero-order valence-corrected chi connectivity index (χ0v) is 12.0. The molecule has 0 N–H and O–H groups in total. The van der Waals surface area contributed by atoms with E-state index in [0.29, 0.717) is 0 Å². The fraction of sp³-hybridized carbons (Fsp3) is 0.111. The van der Waals surface area contributed by atoms with Gasteiger partial charge in [0.1, 0.15) is 5.75 Å². The summed E-state index contributed by atoms with van der Waals surface area (Å²) in [6.07, 6.45) is 5.15. The molecule has 0 aliphatic rings. The molecule has 0 saturated carbocycles. The molecule has 1 aromatic rings. The Bertz CT molecular complexity index is 325. The van der Waals surface area contributed by atoms with E-state index < -0.39 is 7.25 Å². The van der Waals surface area contributed by atoms with Crippen LogP contribution in [-0.4, -0.2) is 14.4 Å². The first-order valence-electron chi connectivity index (χ1n) is 3.85. The van der Waals surface area contributed by atoms with Crippen molar-refractivity contribution in [1.29, 1.82) is 0 Å². The van der Waals surface area contributed by atoms with Crippen LogP contribution in [0.3, 0.4) is 0 Å². The van der Waals surface area contributed by atoms with Crippen molar-refractivity contribution in [3.63, 3.8) is 0 Å². The molecule has 0 heterocycles. The van der Waals surface area contributed by atoms with E-state index in [1.165, 1.54) is 0 Å². The van der Waals surface area contributed by atoms with Gasteiger partial charge in [-0.3, -0.25) is 0 Å². The van der Waals surface area contributed by atoms with E-state index in [-0.39, 0.29) is 51.4 Å². The van der Waals surface area contributed by atoms with Gasteiger partial charge in [0.25, 0.3) is 0 Å². The minimum absolute atomic E-state index is 0. The Morgan fingerprint density at radius 1 is 1.12 bits per heavy atom. The third-order valence-corrected chi connectivity index (χ3v) is 1.26. The van der Waals surface area contributed by atoms with Crippen molar-refractivity contribution < 1.29 is 73.4 Å². The van der Waals surface area contributed by atoms with Crippen LogP contribution in [0.2, 0.25) is 0 Å². The molecule has 16 heavy (non-hydrogen) atoms. The van der Waals surface area contributed by atoms with Crippen molar-refractivity contribution in [3.8, 4) is 18.1 Å². The van der Waals surface area contributed by atoms with Crippen molar-refractivity contribution in [3.05, 3.63) is 29.8 Å². The molecular formula is C9H8BF4KO. The van der Waals surface area contributed by atoms with Crippen LogP contribution in [-0.2, 0) is 0 Å². The largest absolute Gasteiger partial charge is 1.00 e. The fourth-order valence-corrected chi connectivity index (χ4v) is 0.687. The van der Waals surface area contributed by atoms with Gasteiger partial charge in [0, 0.05) is 5.56 Å². The Morgan fingerprint density at radius 2 is 1.50 bits per heavy atom. The van der Waals surface area contributed by atoms with E-state index in [1.807, 2.05) is 24.3 Å². The summed E-state index contributed by atoms with van der Waals surface area (Å²) in [5.74, 6) is 3.36. The van der Waals surface area contributed by atoms with Gasteiger partial charge in [-0.15, -0.1) is 6.42 Å². The van der Waals surface area contributed by atoms with Crippen LogP contribution in [0.4, 0.5) is 17.3 Å². The van der Waals surface area contributed by atoms with E-state index in [4.69, 9.17) is 11.2 Å². The van der Waals surface area contributed by atoms with Crippen molar-refractivity contribution in [2.24, 2.45) is 0 Å². The second-order valence-electron chi connectivity index (χ2n) is 2.37. The van der Waals surface area contributed by atoms with Crippen molar-refractivity contribution >= 4 is 7.25 Å². The van der Waals surface area contributed by atoms with Gasteiger partial charge in [0.15, 0.2) is 0 Å². The Balaban J connectivity index is 0. The Hall–Kier alpha value is 0.00130. The molecule has 1 nitrogen and oxygen atoms in total. The molecular weight excluding hydrogens is 250 g/mol. The number of ether oxygens (including phenoxy) is 1. The summed E-state index contributed by atoms with van der Waals surface area (Å²) >= 11 is 0. The van der Waals surface area contributed by atoms with Gasteiger partial charge >= 0.3 is 58.6 Å². The maximum atomic E-state index is 9.75. The third kappa shape index (κ3) is 12.1. The van der Waals surface area contributed by atoms with Gasteiger partial charge in [0.05, 0.1) is 7.11 Å². The van der Waals surface area contributed by atoms with Crippen LogP contribution < -0.4 is 56.1 Å². The van der Waals surface area contributed by atoms with Crippen molar-refractivity contribution in [1.82, 2.24) is 0 Å². The van der Waals surface area contributed by atoms with Gasteiger partial charge < -0.3 is 22.0 Å². The first-order valence-corrected chi connectivity index (χ1v) is 3.85.